The van der Waals surface area contributed by atoms with Crippen LogP contribution in [-0.2, 0) is 0 Å². The van der Waals surface area contributed by atoms with Crippen LogP contribution in [0.5, 0.6) is 0 Å². The molecule has 2 heteroatoms. The summed E-state index contributed by atoms with van der Waals surface area (Å²) in [5, 5.41) is 3.07. The highest BCUT2D eigenvalue weighted by Crippen LogP contribution is 1.86. The van der Waals surface area contributed by atoms with Gasteiger partial charge in [-0.25, -0.2) is 0 Å². The molecule has 0 unspecified atom stereocenters. The lowest BCUT2D eigenvalue weighted by atomic mass is 10.3. The van der Waals surface area contributed by atoms with Gasteiger partial charge < -0.3 is 10.2 Å². The van der Waals surface area contributed by atoms with Crippen LogP contribution < -0.4 is 5.32 Å². The van der Waals surface area contributed by atoms with Crippen molar-refractivity contribution >= 4 is 0 Å². The Balaban J connectivity index is -0.000000163. The van der Waals surface area contributed by atoms with Crippen LogP contribution in [-0.4, -0.2) is 39.1 Å². The van der Waals surface area contributed by atoms with Gasteiger partial charge in [0.2, 0.25) is 0 Å². The number of unbranched alkanes of at least 4 members (excludes halogenated alkanes) is 2. The average molecular weight is 204 g/mol. The second-order valence-electron chi connectivity index (χ2n) is 3.61. The molecule has 90 valence electrons. The van der Waals surface area contributed by atoms with Gasteiger partial charge >= 0.3 is 0 Å². The van der Waals surface area contributed by atoms with E-state index in [9.17, 15) is 0 Å². The third-order valence-electron chi connectivity index (χ3n) is 1.74. The molecule has 2 nitrogen and oxygen atoms in total. The molecule has 0 aliphatic carbocycles. The predicted octanol–water partition coefficient (Wildman–Crippen LogP) is 2.99. The van der Waals surface area contributed by atoms with Gasteiger partial charge in [-0.2, -0.15) is 0 Å². The number of hydrogen-bond acceptors (Lipinski definition) is 2. The summed E-state index contributed by atoms with van der Waals surface area (Å²) in [6.07, 6.45) is 5.22. The molecule has 0 bridgehead atoms. The van der Waals surface area contributed by atoms with Crippen LogP contribution in [0, 0.1) is 0 Å². The molecule has 0 radical (unpaired) electrons. The molecule has 0 saturated heterocycles. The first-order valence-corrected chi connectivity index (χ1v) is 5.48. The van der Waals surface area contributed by atoms with Crippen molar-refractivity contribution in [3.8, 4) is 0 Å². The molecule has 0 saturated carbocycles. The smallest absolute Gasteiger partial charge is 0.00249 e. The minimum Gasteiger partial charge on any atom is -0.320 e. The first-order chi connectivity index (χ1) is 6.18. The third kappa shape index (κ3) is 29.7. The molecule has 0 aliphatic rings. The molecule has 0 aromatic carbocycles. The Morgan fingerprint density at radius 3 is 1.64 bits per heavy atom. The van der Waals surface area contributed by atoms with Crippen molar-refractivity contribution in [1.29, 1.82) is 0 Å². The maximum absolute atomic E-state index is 3.07. The van der Waals surface area contributed by atoms with Gasteiger partial charge in [-0.1, -0.05) is 34.1 Å². The van der Waals surface area contributed by atoms with Gasteiger partial charge in [0, 0.05) is 0 Å². The molecule has 0 heterocycles. The first-order valence-electron chi connectivity index (χ1n) is 5.48. The highest BCUT2D eigenvalue weighted by molar-refractivity contribution is 4.39. The summed E-state index contributed by atoms with van der Waals surface area (Å²) >= 11 is 0. The zero-order valence-corrected chi connectivity index (χ0v) is 10.2. The Morgan fingerprint density at radius 1 is 1.00 bits per heavy atom. The average Bonchev–Trinajstić information content (AvgIpc) is 2.12. The van der Waals surface area contributed by atoms with Crippen LogP contribution >= 0.6 is 0 Å². The summed E-state index contributed by atoms with van der Waals surface area (Å²) in [4.78, 5) is 2.21. The molecule has 0 fully saturated rings. The number of rotatable bonds is 6. The van der Waals surface area contributed by atoms with Gasteiger partial charge in [-0.05, 0) is 47.1 Å². The van der Waals surface area contributed by atoms with Gasteiger partial charge in [0.15, 0.2) is 0 Å². The molecule has 0 spiro atoms. The van der Waals surface area contributed by atoms with E-state index in [0.29, 0.717) is 0 Å². The van der Waals surface area contributed by atoms with E-state index in [0.717, 1.165) is 6.54 Å². The molecule has 0 aromatic heterocycles. The Hall–Kier alpha value is -0.0800. The SMILES string of the molecule is C.CCCCN(C)C.CCCCNC. The largest absolute Gasteiger partial charge is 0.320 e. The van der Waals surface area contributed by atoms with E-state index in [-0.39, 0.29) is 7.43 Å². The van der Waals surface area contributed by atoms with Crippen molar-refractivity contribution in [2.45, 2.75) is 47.0 Å². The molecule has 0 aromatic rings. The minimum atomic E-state index is 0. The van der Waals surface area contributed by atoms with Gasteiger partial charge in [0.1, 0.15) is 0 Å². The van der Waals surface area contributed by atoms with Crippen LogP contribution in [0.2, 0.25) is 0 Å². The Bertz CT molecular complexity index is 68.7. The molecule has 0 aliphatic heterocycles. The van der Waals surface area contributed by atoms with E-state index in [1.54, 1.807) is 0 Å². The zero-order chi connectivity index (χ0) is 10.5. The lowest BCUT2D eigenvalue weighted by molar-refractivity contribution is 0.398. The van der Waals surface area contributed by atoms with E-state index < -0.39 is 0 Å². The fourth-order valence-electron chi connectivity index (χ4n) is 0.828. The second-order valence-corrected chi connectivity index (χ2v) is 3.61. The van der Waals surface area contributed by atoms with E-state index in [1.807, 2.05) is 7.05 Å². The van der Waals surface area contributed by atoms with E-state index in [2.05, 4.69) is 38.2 Å². The normalized spacial score (nSPS) is 9.00. The van der Waals surface area contributed by atoms with Crippen molar-refractivity contribution in [1.82, 2.24) is 10.2 Å². The number of nitrogens with one attached hydrogen (secondary N) is 1. The molecular weight excluding hydrogens is 172 g/mol. The lowest BCUT2D eigenvalue weighted by Crippen LogP contribution is -2.12. The maximum Gasteiger partial charge on any atom is -0.00249 e. The standard InChI is InChI=1S/C6H15N.C5H13N.CH4/c1-4-5-6-7(2)3;1-3-4-5-6-2;/h4-6H2,1-3H3;6H,3-5H2,1-2H3;1H4. The number of hydrogen-bond donors (Lipinski definition) is 1. The monoisotopic (exact) mass is 204 g/mol. The molecule has 0 amide bonds. The van der Waals surface area contributed by atoms with Crippen LogP contribution in [0.25, 0.3) is 0 Å². The maximum atomic E-state index is 3.07. The summed E-state index contributed by atoms with van der Waals surface area (Å²) in [6.45, 7) is 6.80. The summed E-state index contributed by atoms with van der Waals surface area (Å²) in [7, 11) is 6.20. The Morgan fingerprint density at radius 2 is 1.50 bits per heavy atom. The summed E-state index contributed by atoms with van der Waals surface area (Å²) < 4.78 is 0. The third-order valence-corrected chi connectivity index (χ3v) is 1.74. The van der Waals surface area contributed by atoms with Crippen LogP contribution in [0.4, 0.5) is 0 Å². The van der Waals surface area contributed by atoms with Crippen molar-refractivity contribution < 1.29 is 0 Å². The molecule has 0 rings (SSSR count). The lowest BCUT2D eigenvalue weighted by Gasteiger charge is -2.05. The van der Waals surface area contributed by atoms with Gasteiger partial charge in [-0.15, -0.1) is 0 Å². The summed E-state index contributed by atoms with van der Waals surface area (Å²) in [5.74, 6) is 0. The first kappa shape index (κ1) is 19.5. The van der Waals surface area contributed by atoms with Crippen LogP contribution in [0.1, 0.15) is 47.0 Å². The zero-order valence-electron chi connectivity index (χ0n) is 10.2. The minimum absolute atomic E-state index is 0. The Labute approximate surface area is 92.1 Å². The Kier molecular flexibility index (Phi) is 26.0. The van der Waals surface area contributed by atoms with Crippen LogP contribution in [0.3, 0.4) is 0 Å². The van der Waals surface area contributed by atoms with Gasteiger partial charge in [0.25, 0.3) is 0 Å². The molecule has 1 N–H and O–H groups in total. The molecule has 14 heavy (non-hydrogen) atoms. The quantitative estimate of drug-likeness (QED) is 0.669. The fourth-order valence-corrected chi connectivity index (χ4v) is 0.828. The summed E-state index contributed by atoms with van der Waals surface area (Å²) in [6, 6.07) is 0. The molecular formula is C12H32N2. The van der Waals surface area contributed by atoms with Crippen molar-refractivity contribution in [2.24, 2.45) is 0 Å². The van der Waals surface area contributed by atoms with E-state index in [1.165, 1.54) is 32.2 Å². The van der Waals surface area contributed by atoms with E-state index in [4.69, 9.17) is 0 Å². The second kappa shape index (κ2) is 18.7. The van der Waals surface area contributed by atoms with Gasteiger partial charge in [0.05, 0.1) is 0 Å². The fraction of sp³-hybridized carbons (Fsp3) is 1.00. The highest BCUT2D eigenvalue weighted by Gasteiger charge is 1.83. The number of nitrogens with zero attached hydrogens (tertiary/aromatic N) is 1. The highest BCUT2D eigenvalue weighted by atomic mass is 15.0. The van der Waals surface area contributed by atoms with Crippen molar-refractivity contribution in [2.75, 3.05) is 34.2 Å². The van der Waals surface area contributed by atoms with E-state index >= 15 is 0 Å². The molecule has 0 atom stereocenters. The van der Waals surface area contributed by atoms with Crippen LogP contribution in [0.15, 0.2) is 0 Å². The van der Waals surface area contributed by atoms with Gasteiger partial charge in [-0.3, -0.25) is 0 Å². The predicted molar refractivity (Wildman–Crippen MR) is 69.0 cm³/mol. The topological polar surface area (TPSA) is 15.3 Å². The van der Waals surface area contributed by atoms with Crippen molar-refractivity contribution in [3.05, 3.63) is 0 Å². The van der Waals surface area contributed by atoms with Crippen molar-refractivity contribution in [3.63, 3.8) is 0 Å². The summed E-state index contributed by atoms with van der Waals surface area (Å²) in [5.41, 5.74) is 0.